The van der Waals surface area contributed by atoms with Crippen molar-refractivity contribution in [2.24, 2.45) is 10.1 Å². The predicted molar refractivity (Wildman–Crippen MR) is 89.7 cm³/mol. The number of carbonyl (C=O) groups is 1. The molecule has 0 unspecified atom stereocenters. The molecule has 2 N–H and O–H groups in total. The van der Waals surface area contributed by atoms with Crippen LogP contribution in [0.1, 0.15) is 17.5 Å². The van der Waals surface area contributed by atoms with Crippen molar-refractivity contribution in [3.63, 3.8) is 0 Å². The molecule has 0 saturated heterocycles. The number of amides is 1. The molecule has 7 heteroatoms. The summed E-state index contributed by atoms with van der Waals surface area (Å²) in [6, 6.07) is 5.99. The van der Waals surface area contributed by atoms with E-state index in [0.717, 1.165) is 53.0 Å². The number of methoxy groups -OCH3 is 1. The average molecular weight is 318 g/mol. The normalized spacial score (nSPS) is 18.7. The van der Waals surface area contributed by atoms with Gasteiger partial charge in [-0.15, -0.1) is 0 Å². The van der Waals surface area contributed by atoms with Gasteiger partial charge in [-0.2, -0.15) is 5.10 Å². The topological polar surface area (TPSA) is 75.1 Å². The number of aliphatic imine (C=N–C) groups is 1. The van der Waals surface area contributed by atoms with E-state index in [1.807, 2.05) is 18.2 Å². The van der Waals surface area contributed by atoms with Gasteiger partial charge in [0.1, 0.15) is 0 Å². The van der Waals surface area contributed by atoms with E-state index in [0.29, 0.717) is 6.42 Å². The highest BCUT2D eigenvalue weighted by atomic mass is 32.2. The third-order valence-electron chi connectivity index (χ3n) is 3.46. The Bertz CT molecular complexity index is 642. The Balaban J connectivity index is 1.64. The van der Waals surface area contributed by atoms with Crippen molar-refractivity contribution >= 4 is 34.2 Å². The molecule has 6 nitrogen and oxygen atoms in total. The number of benzene rings is 1. The van der Waals surface area contributed by atoms with Crippen LogP contribution in [0.3, 0.4) is 0 Å². The van der Waals surface area contributed by atoms with E-state index in [4.69, 9.17) is 4.74 Å². The van der Waals surface area contributed by atoms with Crippen molar-refractivity contribution in [1.82, 2.24) is 5.43 Å². The summed E-state index contributed by atoms with van der Waals surface area (Å²) in [4.78, 5) is 15.8. The fraction of sp³-hybridized carbons (Fsp3) is 0.400. The lowest BCUT2D eigenvalue weighted by Gasteiger charge is -2.15. The maximum Gasteiger partial charge on any atom is 0.228 e. The van der Waals surface area contributed by atoms with Crippen LogP contribution in [-0.2, 0) is 16.0 Å². The fourth-order valence-corrected chi connectivity index (χ4v) is 3.13. The molecular weight excluding hydrogens is 300 g/mol. The van der Waals surface area contributed by atoms with Crippen molar-refractivity contribution in [2.45, 2.75) is 12.8 Å². The number of ether oxygens (including phenoxy) is 1. The number of carbonyl (C=O) groups excluding carboxylic acids is 1. The number of hydrogen-bond acceptors (Lipinski definition) is 5. The molecule has 22 heavy (non-hydrogen) atoms. The maximum absolute atomic E-state index is 11.4. The molecule has 2 aliphatic heterocycles. The first-order valence-electron chi connectivity index (χ1n) is 7.18. The van der Waals surface area contributed by atoms with Crippen LogP contribution in [-0.4, -0.2) is 42.8 Å². The Hall–Kier alpha value is -1.86. The summed E-state index contributed by atoms with van der Waals surface area (Å²) >= 11 is 1.64. The monoisotopic (exact) mass is 318 g/mol. The van der Waals surface area contributed by atoms with Crippen LogP contribution < -0.4 is 10.7 Å². The van der Waals surface area contributed by atoms with Crippen LogP contribution in [0.5, 0.6) is 0 Å². The van der Waals surface area contributed by atoms with Crippen molar-refractivity contribution < 1.29 is 9.53 Å². The lowest BCUT2D eigenvalue weighted by molar-refractivity contribution is -0.115. The zero-order valence-corrected chi connectivity index (χ0v) is 13.2. The van der Waals surface area contributed by atoms with E-state index in [9.17, 15) is 4.79 Å². The number of nitrogens with one attached hydrogen (secondary N) is 2. The van der Waals surface area contributed by atoms with Gasteiger partial charge in [-0.05, 0) is 18.1 Å². The largest absolute Gasteiger partial charge is 0.385 e. The maximum atomic E-state index is 11.4. The van der Waals surface area contributed by atoms with E-state index in [1.165, 1.54) is 0 Å². The van der Waals surface area contributed by atoms with Crippen molar-refractivity contribution in [3.8, 4) is 0 Å². The first-order valence-corrected chi connectivity index (χ1v) is 8.17. The molecule has 2 aliphatic rings. The lowest BCUT2D eigenvalue weighted by Crippen LogP contribution is -2.25. The summed E-state index contributed by atoms with van der Waals surface area (Å²) in [5.41, 5.74) is 6.93. The van der Waals surface area contributed by atoms with Crippen LogP contribution in [0.25, 0.3) is 0 Å². The molecule has 1 aromatic carbocycles. The van der Waals surface area contributed by atoms with Gasteiger partial charge >= 0.3 is 0 Å². The van der Waals surface area contributed by atoms with Gasteiger partial charge < -0.3 is 10.1 Å². The molecule has 3 rings (SSSR count). The highest BCUT2D eigenvalue weighted by Crippen LogP contribution is 2.25. The van der Waals surface area contributed by atoms with Crippen LogP contribution in [0.2, 0.25) is 0 Å². The summed E-state index contributed by atoms with van der Waals surface area (Å²) in [6.07, 6.45) is 1.37. The molecule has 0 saturated carbocycles. The minimum absolute atomic E-state index is 0.0516. The number of nitrogens with zero attached hydrogens (tertiary/aromatic N) is 2. The minimum atomic E-state index is 0.0516. The van der Waals surface area contributed by atoms with Gasteiger partial charge in [0.2, 0.25) is 5.91 Å². The fourth-order valence-electron chi connectivity index (χ4n) is 2.33. The lowest BCUT2D eigenvalue weighted by atomic mass is 10.1. The molecule has 0 aliphatic carbocycles. The highest BCUT2D eigenvalue weighted by Gasteiger charge is 2.20. The van der Waals surface area contributed by atoms with Crippen molar-refractivity contribution in [1.29, 1.82) is 0 Å². The summed E-state index contributed by atoms with van der Waals surface area (Å²) < 4.78 is 5.00. The number of hydrogen-bond donors (Lipinski definition) is 2. The first-order chi connectivity index (χ1) is 10.8. The second-order valence-corrected chi connectivity index (χ2v) is 6.05. The smallest absolute Gasteiger partial charge is 0.228 e. The van der Waals surface area contributed by atoms with Crippen LogP contribution in [0.15, 0.2) is 28.3 Å². The summed E-state index contributed by atoms with van der Waals surface area (Å²) in [5, 5.41) is 8.11. The quantitative estimate of drug-likeness (QED) is 0.809. The molecule has 116 valence electrons. The van der Waals surface area contributed by atoms with Crippen molar-refractivity contribution in [3.05, 3.63) is 29.3 Å². The molecule has 0 bridgehead atoms. The van der Waals surface area contributed by atoms with Gasteiger partial charge in [-0.1, -0.05) is 23.9 Å². The third-order valence-corrected chi connectivity index (χ3v) is 4.37. The molecular formula is C15H18N4O2S. The highest BCUT2D eigenvalue weighted by molar-refractivity contribution is 8.14. The van der Waals surface area contributed by atoms with Gasteiger partial charge in [0, 0.05) is 37.3 Å². The number of hydrazone groups is 1. The summed E-state index contributed by atoms with van der Waals surface area (Å²) in [6.45, 7) is 1.45. The Morgan fingerprint density at radius 3 is 3.14 bits per heavy atom. The van der Waals surface area contributed by atoms with Gasteiger partial charge in [0.25, 0.3) is 0 Å². The second kappa shape index (κ2) is 6.93. The SMILES string of the molecule is COCCCN=C1NN=C(c2ccc3c(c2)NC(=O)C3)CS1. The third kappa shape index (κ3) is 3.48. The van der Waals surface area contributed by atoms with Gasteiger partial charge in [0.15, 0.2) is 5.17 Å². The molecule has 0 radical (unpaired) electrons. The molecule has 0 fully saturated rings. The zero-order valence-electron chi connectivity index (χ0n) is 12.4. The summed E-state index contributed by atoms with van der Waals surface area (Å²) in [7, 11) is 1.69. The number of anilines is 1. The number of fused-ring (bicyclic) bond motifs is 1. The first kappa shape index (κ1) is 15.1. The number of thioether (sulfide) groups is 1. The van der Waals surface area contributed by atoms with Crippen LogP contribution >= 0.6 is 11.8 Å². The van der Waals surface area contributed by atoms with Gasteiger partial charge in [-0.25, -0.2) is 0 Å². The molecule has 2 heterocycles. The Kier molecular flexibility index (Phi) is 4.74. The van der Waals surface area contributed by atoms with Gasteiger partial charge in [-0.3, -0.25) is 15.2 Å². The predicted octanol–water partition coefficient (Wildman–Crippen LogP) is 1.61. The standard InChI is InChI=1S/C15H18N4O2S/c1-21-6-2-5-16-15-19-18-13(9-22-15)10-3-4-11-8-14(20)17-12(11)7-10/h3-4,7H,2,5-6,8-9H2,1H3,(H,16,19)(H,17,20). The molecule has 0 atom stereocenters. The van der Waals surface area contributed by atoms with Crippen LogP contribution in [0, 0.1) is 0 Å². The van der Waals surface area contributed by atoms with E-state index >= 15 is 0 Å². The molecule has 0 spiro atoms. The number of amidine groups is 1. The van der Waals surface area contributed by atoms with E-state index in [1.54, 1.807) is 18.9 Å². The Labute approximate surface area is 133 Å². The van der Waals surface area contributed by atoms with Gasteiger partial charge in [0.05, 0.1) is 12.1 Å². The summed E-state index contributed by atoms with van der Waals surface area (Å²) in [5.74, 6) is 0.818. The van der Waals surface area contributed by atoms with E-state index in [2.05, 4.69) is 20.8 Å². The zero-order chi connectivity index (χ0) is 15.4. The molecule has 1 amide bonds. The Morgan fingerprint density at radius 1 is 1.45 bits per heavy atom. The second-order valence-electron chi connectivity index (χ2n) is 5.09. The number of rotatable bonds is 5. The molecule has 1 aromatic rings. The van der Waals surface area contributed by atoms with E-state index < -0.39 is 0 Å². The Morgan fingerprint density at radius 2 is 2.36 bits per heavy atom. The minimum Gasteiger partial charge on any atom is -0.385 e. The molecule has 0 aromatic heterocycles. The van der Waals surface area contributed by atoms with Crippen LogP contribution in [0.4, 0.5) is 5.69 Å². The average Bonchev–Trinajstić information content (AvgIpc) is 2.91. The van der Waals surface area contributed by atoms with E-state index in [-0.39, 0.29) is 5.91 Å². The van der Waals surface area contributed by atoms with Crippen molar-refractivity contribution in [2.75, 3.05) is 31.3 Å².